The number of carbonyl (C=O) groups is 1. The monoisotopic (exact) mass is 358 g/mol. The summed E-state index contributed by atoms with van der Waals surface area (Å²) in [7, 11) is 0. The minimum Gasteiger partial charge on any atom is -0.482 e. The number of ether oxygens (including phenoxy) is 1. The molecule has 0 aliphatic heterocycles. The van der Waals surface area contributed by atoms with Gasteiger partial charge in [0, 0.05) is 10.6 Å². The third-order valence-electron chi connectivity index (χ3n) is 2.63. The number of hydrogen-bond acceptors (Lipinski definition) is 3. The van der Waals surface area contributed by atoms with Crippen LogP contribution >= 0.6 is 23.2 Å². The van der Waals surface area contributed by atoms with Gasteiger partial charge in [0.1, 0.15) is 5.75 Å². The maximum absolute atomic E-state index is 13.3. The average Bonchev–Trinajstić information content (AvgIpc) is 2.50. The Morgan fingerprint density at radius 1 is 1.26 bits per heavy atom. The Bertz CT molecular complexity index is 754. The summed E-state index contributed by atoms with van der Waals surface area (Å²) < 4.78 is 31.5. The van der Waals surface area contributed by atoms with E-state index < -0.39 is 17.5 Å². The van der Waals surface area contributed by atoms with E-state index in [9.17, 15) is 13.6 Å². The topological polar surface area (TPSA) is 50.7 Å². The van der Waals surface area contributed by atoms with Gasteiger partial charge in [-0.3, -0.25) is 4.79 Å². The minimum absolute atomic E-state index is 0.0908. The zero-order chi connectivity index (χ0) is 16.8. The highest BCUT2D eigenvalue weighted by Gasteiger charge is 2.07. The van der Waals surface area contributed by atoms with Gasteiger partial charge in [-0.05, 0) is 24.3 Å². The van der Waals surface area contributed by atoms with E-state index in [0.717, 1.165) is 12.3 Å². The van der Waals surface area contributed by atoms with Gasteiger partial charge in [0.15, 0.2) is 18.2 Å². The molecular weight excluding hydrogens is 349 g/mol. The molecule has 0 atom stereocenters. The zero-order valence-corrected chi connectivity index (χ0v) is 13.0. The van der Waals surface area contributed by atoms with Crippen LogP contribution in [0.15, 0.2) is 41.5 Å². The average molecular weight is 359 g/mol. The van der Waals surface area contributed by atoms with Gasteiger partial charge in [0.05, 0.1) is 11.2 Å². The van der Waals surface area contributed by atoms with Crippen LogP contribution in [-0.4, -0.2) is 18.7 Å². The number of hydrazone groups is 1. The molecule has 0 saturated heterocycles. The lowest BCUT2D eigenvalue weighted by molar-refractivity contribution is -0.123. The fourth-order valence-electron chi connectivity index (χ4n) is 1.56. The molecule has 120 valence electrons. The first-order chi connectivity index (χ1) is 11.0. The van der Waals surface area contributed by atoms with Crippen LogP contribution in [0.3, 0.4) is 0 Å². The first-order valence-electron chi connectivity index (χ1n) is 6.31. The van der Waals surface area contributed by atoms with E-state index in [0.29, 0.717) is 5.02 Å². The fraction of sp³-hybridized carbons (Fsp3) is 0.0667. The third kappa shape index (κ3) is 4.91. The van der Waals surface area contributed by atoms with Gasteiger partial charge in [-0.2, -0.15) is 5.10 Å². The predicted octanol–water partition coefficient (Wildman–Crippen LogP) is 3.80. The number of rotatable bonds is 5. The standard InChI is InChI=1S/C15H10Cl2F2N2O2/c16-10-4-5-13(11(17)6-10)23-8-14(22)21-20-7-9-2-1-3-12(18)15(9)19/h1-7H,8H2,(H,21,22)/b20-7+. The molecule has 0 saturated carbocycles. The number of hydrogen-bond donors (Lipinski definition) is 1. The summed E-state index contributed by atoms with van der Waals surface area (Å²) in [5, 5.41) is 4.23. The molecule has 1 N–H and O–H groups in total. The van der Waals surface area contributed by atoms with Crippen LogP contribution in [0.1, 0.15) is 5.56 Å². The quantitative estimate of drug-likeness (QED) is 0.652. The molecule has 0 fully saturated rings. The second kappa shape index (κ2) is 7.89. The number of benzene rings is 2. The van der Waals surface area contributed by atoms with E-state index in [-0.39, 0.29) is 22.9 Å². The maximum Gasteiger partial charge on any atom is 0.277 e. The second-order valence-corrected chi connectivity index (χ2v) is 5.14. The van der Waals surface area contributed by atoms with E-state index in [4.69, 9.17) is 27.9 Å². The number of amides is 1. The van der Waals surface area contributed by atoms with Crippen molar-refractivity contribution in [1.29, 1.82) is 0 Å². The van der Waals surface area contributed by atoms with Crippen LogP contribution in [0.2, 0.25) is 10.0 Å². The van der Waals surface area contributed by atoms with Crippen LogP contribution < -0.4 is 10.2 Å². The van der Waals surface area contributed by atoms with Crippen LogP contribution in [0.4, 0.5) is 8.78 Å². The smallest absolute Gasteiger partial charge is 0.277 e. The van der Waals surface area contributed by atoms with Crippen LogP contribution in [-0.2, 0) is 4.79 Å². The highest BCUT2D eigenvalue weighted by atomic mass is 35.5. The van der Waals surface area contributed by atoms with Crippen molar-refractivity contribution in [3.8, 4) is 5.75 Å². The first-order valence-corrected chi connectivity index (χ1v) is 7.06. The van der Waals surface area contributed by atoms with E-state index in [1.54, 1.807) is 6.07 Å². The van der Waals surface area contributed by atoms with Crippen molar-refractivity contribution in [1.82, 2.24) is 5.43 Å². The predicted molar refractivity (Wildman–Crippen MR) is 84.1 cm³/mol. The van der Waals surface area contributed by atoms with Gasteiger partial charge in [0.2, 0.25) is 0 Å². The summed E-state index contributed by atoms with van der Waals surface area (Å²) >= 11 is 11.6. The van der Waals surface area contributed by atoms with Gasteiger partial charge >= 0.3 is 0 Å². The molecule has 2 aromatic rings. The van der Waals surface area contributed by atoms with E-state index >= 15 is 0 Å². The number of nitrogens with zero attached hydrogens (tertiary/aromatic N) is 1. The lowest BCUT2D eigenvalue weighted by Crippen LogP contribution is -2.24. The Hall–Kier alpha value is -2.18. The lowest BCUT2D eigenvalue weighted by atomic mass is 10.2. The van der Waals surface area contributed by atoms with E-state index in [2.05, 4.69) is 10.5 Å². The highest BCUT2D eigenvalue weighted by molar-refractivity contribution is 6.35. The zero-order valence-electron chi connectivity index (χ0n) is 11.5. The summed E-state index contributed by atoms with van der Waals surface area (Å²) in [6, 6.07) is 8.18. The van der Waals surface area contributed by atoms with Gasteiger partial charge < -0.3 is 4.74 Å². The molecule has 0 aliphatic rings. The molecule has 0 radical (unpaired) electrons. The minimum atomic E-state index is -1.05. The normalized spacial score (nSPS) is 10.8. The molecule has 0 unspecified atom stereocenters. The molecule has 0 heterocycles. The molecule has 0 bridgehead atoms. The van der Waals surface area contributed by atoms with Gasteiger partial charge in [0.25, 0.3) is 5.91 Å². The number of nitrogens with one attached hydrogen (secondary N) is 1. The lowest BCUT2D eigenvalue weighted by Gasteiger charge is -2.07. The molecule has 2 rings (SSSR count). The summed E-state index contributed by atoms with van der Waals surface area (Å²) in [4.78, 5) is 11.5. The molecule has 0 spiro atoms. The number of carbonyl (C=O) groups excluding carboxylic acids is 1. The fourth-order valence-corrected chi connectivity index (χ4v) is 2.02. The summed E-state index contributed by atoms with van der Waals surface area (Å²) in [6.07, 6.45) is 0.992. The summed E-state index contributed by atoms with van der Waals surface area (Å²) in [5.74, 6) is -2.36. The third-order valence-corrected chi connectivity index (χ3v) is 3.16. The Balaban J connectivity index is 1.87. The highest BCUT2D eigenvalue weighted by Crippen LogP contribution is 2.27. The van der Waals surface area contributed by atoms with Crippen LogP contribution in [0.5, 0.6) is 5.75 Å². The Morgan fingerprint density at radius 2 is 2.04 bits per heavy atom. The van der Waals surface area contributed by atoms with Crippen molar-refractivity contribution in [2.45, 2.75) is 0 Å². The molecule has 4 nitrogen and oxygen atoms in total. The Kier molecular flexibility index (Phi) is 5.90. The molecule has 8 heteroatoms. The van der Waals surface area contributed by atoms with E-state index in [1.807, 2.05) is 0 Å². The van der Waals surface area contributed by atoms with Crippen molar-refractivity contribution < 1.29 is 18.3 Å². The van der Waals surface area contributed by atoms with Crippen molar-refractivity contribution >= 4 is 35.3 Å². The van der Waals surface area contributed by atoms with Crippen LogP contribution in [0, 0.1) is 11.6 Å². The second-order valence-electron chi connectivity index (χ2n) is 4.30. The van der Waals surface area contributed by atoms with Gasteiger partial charge in [-0.25, -0.2) is 14.2 Å². The largest absolute Gasteiger partial charge is 0.482 e. The Labute approximate surface area is 140 Å². The van der Waals surface area contributed by atoms with Crippen molar-refractivity contribution in [3.63, 3.8) is 0 Å². The molecule has 23 heavy (non-hydrogen) atoms. The van der Waals surface area contributed by atoms with Crippen molar-refractivity contribution in [3.05, 3.63) is 63.6 Å². The summed E-state index contributed by atoms with van der Waals surface area (Å²) in [6.45, 7) is -0.357. The molecule has 2 aromatic carbocycles. The SMILES string of the molecule is O=C(COc1ccc(Cl)cc1Cl)N/N=C/c1cccc(F)c1F. The number of halogens is 4. The maximum atomic E-state index is 13.3. The summed E-state index contributed by atoms with van der Waals surface area (Å²) in [5.41, 5.74) is 2.04. The van der Waals surface area contributed by atoms with Gasteiger partial charge in [-0.15, -0.1) is 0 Å². The van der Waals surface area contributed by atoms with Crippen molar-refractivity contribution in [2.24, 2.45) is 5.10 Å². The molecular formula is C15H10Cl2F2N2O2. The van der Waals surface area contributed by atoms with Crippen LogP contribution in [0.25, 0.3) is 0 Å². The Morgan fingerprint density at radius 3 is 2.78 bits per heavy atom. The molecule has 1 amide bonds. The molecule has 0 aromatic heterocycles. The molecule has 0 aliphatic carbocycles. The van der Waals surface area contributed by atoms with Crippen molar-refractivity contribution in [2.75, 3.05) is 6.61 Å². The van der Waals surface area contributed by atoms with Gasteiger partial charge in [-0.1, -0.05) is 35.3 Å². The van der Waals surface area contributed by atoms with E-state index in [1.165, 1.54) is 24.3 Å². The first kappa shape index (κ1) is 17.2.